The predicted octanol–water partition coefficient (Wildman–Crippen LogP) is 3.77. The van der Waals surface area contributed by atoms with Gasteiger partial charge in [0.25, 0.3) is 0 Å². The van der Waals surface area contributed by atoms with E-state index in [-0.39, 0.29) is 24.0 Å². The Labute approximate surface area is 175 Å². The molecule has 0 aliphatic heterocycles. The zero-order chi connectivity index (χ0) is 17.5. The van der Waals surface area contributed by atoms with Crippen LogP contribution in [0.4, 0.5) is 0 Å². The first-order chi connectivity index (χ1) is 12.3. The van der Waals surface area contributed by atoms with Gasteiger partial charge in [0.1, 0.15) is 0 Å². The number of halogens is 1. The van der Waals surface area contributed by atoms with Gasteiger partial charge in [-0.25, -0.2) is 4.68 Å². The molecule has 0 spiro atoms. The maximum atomic E-state index is 4.43. The predicted molar refractivity (Wildman–Crippen MR) is 120 cm³/mol. The average Bonchev–Trinajstić information content (AvgIpc) is 3.28. The van der Waals surface area contributed by atoms with E-state index in [0.29, 0.717) is 0 Å². The average molecular weight is 481 g/mol. The summed E-state index contributed by atoms with van der Waals surface area (Å²) in [5.74, 6) is 0.822. The van der Waals surface area contributed by atoms with Crippen molar-refractivity contribution < 1.29 is 0 Å². The third kappa shape index (κ3) is 5.57. The first-order valence-electron chi connectivity index (χ1n) is 8.32. The molecule has 2 aromatic heterocycles. The van der Waals surface area contributed by atoms with E-state index in [9.17, 15) is 0 Å². The van der Waals surface area contributed by atoms with Gasteiger partial charge in [-0.1, -0.05) is 18.2 Å². The minimum atomic E-state index is 0. The van der Waals surface area contributed by atoms with Gasteiger partial charge in [-0.2, -0.15) is 5.10 Å². The number of nitrogens with one attached hydrogen (secondary N) is 2. The van der Waals surface area contributed by atoms with E-state index in [1.807, 2.05) is 41.2 Å². The van der Waals surface area contributed by atoms with Crippen molar-refractivity contribution >= 4 is 41.3 Å². The van der Waals surface area contributed by atoms with Gasteiger partial charge in [0.2, 0.25) is 0 Å². The first kappa shape index (κ1) is 20.4. The molecule has 0 aliphatic rings. The van der Waals surface area contributed by atoms with Crippen LogP contribution >= 0.6 is 35.3 Å². The van der Waals surface area contributed by atoms with Crippen LogP contribution in [0.15, 0.2) is 59.2 Å². The van der Waals surface area contributed by atoms with Crippen molar-refractivity contribution in [3.05, 3.63) is 70.2 Å². The highest BCUT2D eigenvalue weighted by atomic mass is 127. The molecule has 0 saturated heterocycles. The zero-order valence-electron chi connectivity index (χ0n) is 15.0. The van der Waals surface area contributed by atoms with Crippen molar-refractivity contribution in [2.24, 2.45) is 4.99 Å². The van der Waals surface area contributed by atoms with Crippen LogP contribution in [0.5, 0.6) is 0 Å². The van der Waals surface area contributed by atoms with E-state index in [1.165, 1.54) is 16.0 Å². The number of benzene rings is 1. The summed E-state index contributed by atoms with van der Waals surface area (Å²) in [5.41, 5.74) is 3.59. The summed E-state index contributed by atoms with van der Waals surface area (Å²) in [6.07, 6.45) is 4.88. The summed E-state index contributed by atoms with van der Waals surface area (Å²) in [4.78, 5) is 5.62. The van der Waals surface area contributed by atoms with Crippen LogP contribution in [0, 0.1) is 6.92 Å². The highest BCUT2D eigenvalue weighted by Crippen LogP contribution is 2.14. The monoisotopic (exact) mass is 481 g/mol. The normalized spacial score (nSPS) is 11.1. The van der Waals surface area contributed by atoms with Crippen LogP contribution in [0.25, 0.3) is 5.69 Å². The fourth-order valence-electron chi connectivity index (χ4n) is 2.51. The minimum Gasteiger partial charge on any atom is -0.356 e. The molecule has 5 nitrogen and oxygen atoms in total. The molecule has 26 heavy (non-hydrogen) atoms. The Hall–Kier alpha value is -1.87. The standard InChI is InChI=1S/C19H23N5S.HI/c1-15-9-11-25-18(15)13-22-19(20-2)21-10-8-16-12-23-24(14-16)17-6-4-3-5-7-17;/h3-7,9,11-12,14H,8,10,13H2,1-2H3,(H2,20,21,22);1H. The molecule has 2 N–H and O–H groups in total. The van der Waals surface area contributed by atoms with Crippen LogP contribution in [0.3, 0.4) is 0 Å². The lowest BCUT2D eigenvalue weighted by Crippen LogP contribution is -2.37. The molecule has 1 aromatic carbocycles. The second-order valence-corrected chi connectivity index (χ2v) is 6.76. The summed E-state index contributed by atoms with van der Waals surface area (Å²) in [6, 6.07) is 12.3. The van der Waals surface area contributed by atoms with Gasteiger partial charge in [-0.15, -0.1) is 35.3 Å². The molecule has 0 amide bonds. The van der Waals surface area contributed by atoms with Gasteiger partial charge in [-0.05, 0) is 48.1 Å². The van der Waals surface area contributed by atoms with E-state index in [4.69, 9.17) is 0 Å². The SMILES string of the molecule is CN=C(NCCc1cnn(-c2ccccc2)c1)NCc1sccc1C.I. The van der Waals surface area contributed by atoms with E-state index >= 15 is 0 Å². The Morgan fingerprint density at radius 3 is 2.69 bits per heavy atom. The maximum absolute atomic E-state index is 4.43. The van der Waals surface area contributed by atoms with Gasteiger partial charge in [0.15, 0.2) is 5.96 Å². The molecule has 2 heterocycles. The van der Waals surface area contributed by atoms with Crippen LogP contribution in [0.2, 0.25) is 0 Å². The highest BCUT2D eigenvalue weighted by Gasteiger charge is 2.04. The molecule has 0 radical (unpaired) electrons. The molecule has 7 heteroatoms. The highest BCUT2D eigenvalue weighted by molar-refractivity contribution is 14.0. The molecular formula is C19H24IN5S. The van der Waals surface area contributed by atoms with Crippen molar-refractivity contribution in [2.75, 3.05) is 13.6 Å². The molecule has 138 valence electrons. The van der Waals surface area contributed by atoms with E-state index in [1.54, 1.807) is 18.4 Å². The van der Waals surface area contributed by atoms with Crippen LogP contribution in [-0.4, -0.2) is 29.3 Å². The molecule has 0 atom stereocenters. The maximum Gasteiger partial charge on any atom is 0.191 e. The lowest BCUT2D eigenvalue weighted by Gasteiger charge is -2.11. The first-order valence-corrected chi connectivity index (χ1v) is 9.20. The second kappa shape index (κ2) is 10.3. The van der Waals surface area contributed by atoms with E-state index in [2.05, 4.69) is 45.3 Å². The molecule has 0 unspecified atom stereocenters. The fourth-order valence-corrected chi connectivity index (χ4v) is 3.35. The number of para-hydroxylation sites is 1. The fraction of sp³-hybridized carbons (Fsp3) is 0.263. The number of rotatable bonds is 6. The van der Waals surface area contributed by atoms with Crippen LogP contribution in [-0.2, 0) is 13.0 Å². The number of thiophene rings is 1. The second-order valence-electron chi connectivity index (χ2n) is 5.76. The van der Waals surface area contributed by atoms with Gasteiger partial charge in [0, 0.05) is 24.7 Å². The van der Waals surface area contributed by atoms with Crippen LogP contribution < -0.4 is 10.6 Å². The molecule has 0 bridgehead atoms. The smallest absolute Gasteiger partial charge is 0.191 e. The Balaban J connectivity index is 0.00000243. The number of hydrogen-bond donors (Lipinski definition) is 2. The number of aryl methyl sites for hydroxylation is 1. The third-order valence-electron chi connectivity index (χ3n) is 3.97. The Morgan fingerprint density at radius 2 is 2.00 bits per heavy atom. The molecule has 0 aliphatic carbocycles. The van der Waals surface area contributed by atoms with Crippen molar-refractivity contribution in [3.8, 4) is 5.69 Å². The van der Waals surface area contributed by atoms with Gasteiger partial charge in [0.05, 0.1) is 18.4 Å². The molecule has 3 rings (SSSR count). The van der Waals surface area contributed by atoms with E-state index in [0.717, 1.165) is 31.2 Å². The minimum absolute atomic E-state index is 0. The van der Waals surface area contributed by atoms with Gasteiger partial charge in [-0.3, -0.25) is 4.99 Å². The third-order valence-corrected chi connectivity index (χ3v) is 4.99. The summed E-state index contributed by atoms with van der Waals surface area (Å²) in [5, 5.41) is 13.3. The number of nitrogens with zero attached hydrogens (tertiary/aromatic N) is 3. The topological polar surface area (TPSA) is 54.2 Å². The Morgan fingerprint density at radius 1 is 1.19 bits per heavy atom. The lowest BCUT2D eigenvalue weighted by atomic mass is 10.2. The van der Waals surface area contributed by atoms with E-state index < -0.39 is 0 Å². The molecule has 0 fully saturated rings. The van der Waals surface area contributed by atoms with Crippen molar-refractivity contribution in [3.63, 3.8) is 0 Å². The summed E-state index contributed by atoms with van der Waals surface area (Å²) >= 11 is 1.77. The number of aromatic nitrogens is 2. The lowest BCUT2D eigenvalue weighted by molar-refractivity contribution is 0.797. The van der Waals surface area contributed by atoms with Crippen molar-refractivity contribution in [1.29, 1.82) is 0 Å². The van der Waals surface area contributed by atoms with Crippen LogP contribution in [0.1, 0.15) is 16.0 Å². The number of aliphatic imine (C=N–C) groups is 1. The number of guanidine groups is 1. The molecular weight excluding hydrogens is 457 g/mol. The van der Waals surface area contributed by atoms with Crippen molar-refractivity contribution in [2.45, 2.75) is 19.9 Å². The van der Waals surface area contributed by atoms with Gasteiger partial charge < -0.3 is 10.6 Å². The molecule has 0 saturated carbocycles. The Bertz CT molecular complexity index is 825. The zero-order valence-corrected chi connectivity index (χ0v) is 18.1. The number of hydrogen-bond acceptors (Lipinski definition) is 3. The molecule has 3 aromatic rings. The summed E-state index contributed by atoms with van der Waals surface area (Å²) in [7, 11) is 1.80. The summed E-state index contributed by atoms with van der Waals surface area (Å²) < 4.78 is 1.90. The summed E-state index contributed by atoms with van der Waals surface area (Å²) in [6.45, 7) is 3.74. The Kier molecular flexibility index (Phi) is 8.11. The quantitative estimate of drug-likeness (QED) is 0.320. The van der Waals surface area contributed by atoms with Gasteiger partial charge >= 0.3 is 0 Å². The van der Waals surface area contributed by atoms with Crippen molar-refractivity contribution in [1.82, 2.24) is 20.4 Å². The largest absolute Gasteiger partial charge is 0.356 e.